The van der Waals surface area contributed by atoms with Crippen LogP contribution in [-0.2, 0) is 14.8 Å². The Bertz CT molecular complexity index is 636. The fourth-order valence-electron chi connectivity index (χ4n) is 2.10. The summed E-state index contributed by atoms with van der Waals surface area (Å²) in [4.78, 5) is 21.0. The van der Waals surface area contributed by atoms with Gasteiger partial charge in [-0.25, -0.2) is 18.5 Å². The van der Waals surface area contributed by atoms with Crippen molar-refractivity contribution < 1.29 is 17.9 Å². The standard InChI is InChI=1S/C10H13ClN4O4S/c1-19-7-3-13-10(11)14-9(7)15-4-6(2-8(15)16)5-20(12,17)18/h3,6H,2,4-5H2,1H3,(H2,12,17,18). The Morgan fingerprint density at radius 2 is 2.30 bits per heavy atom. The first kappa shape index (κ1) is 14.9. The number of carbonyl (C=O) groups is 1. The molecule has 1 amide bonds. The number of ether oxygens (including phenoxy) is 1. The monoisotopic (exact) mass is 320 g/mol. The van der Waals surface area contributed by atoms with Crippen LogP contribution < -0.4 is 14.8 Å². The number of aromatic nitrogens is 2. The van der Waals surface area contributed by atoms with Crippen molar-refractivity contribution in [3.8, 4) is 5.75 Å². The predicted molar refractivity (Wildman–Crippen MR) is 72.0 cm³/mol. The van der Waals surface area contributed by atoms with Crippen molar-refractivity contribution in [3.05, 3.63) is 11.5 Å². The van der Waals surface area contributed by atoms with Crippen molar-refractivity contribution >= 4 is 33.3 Å². The molecule has 8 nitrogen and oxygen atoms in total. The zero-order chi connectivity index (χ0) is 14.9. The third-order valence-electron chi connectivity index (χ3n) is 2.86. The van der Waals surface area contributed by atoms with Gasteiger partial charge in [-0.1, -0.05) is 0 Å². The highest BCUT2D eigenvalue weighted by atomic mass is 35.5. The molecule has 0 radical (unpaired) electrons. The Hall–Kier alpha value is -1.45. The topological polar surface area (TPSA) is 115 Å². The number of nitrogens with zero attached hydrogens (tertiary/aromatic N) is 3. The maximum Gasteiger partial charge on any atom is 0.228 e. The molecular formula is C10H13ClN4O4S. The van der Waals surface area contributed by atoms with Crippen LogP contribution in [0.2, 0.25) is 5.28 Å². The highest BCUT2D eigenvalue weighted by Gasteiger charge is 2.35. The van der Waals surface area contributed by atoms with Gasteiger partial charge < -0.3 is 4.74 Å². The maximum atomic E-state index is 12.0. The molecule has 1 unspecified atom stereocenters. The van der Waals surface area contributed by atoms with Crippen LogP contribution in [0.15, 0.2) is 6.20 Å². The molecule has 0 spiro atoms. The molecule has 1 aromatic rings. The van der Waals surface area contributed by atoms with Crippen molar-refractivity contribution in [1.29, 1.82) is 0 Å². The van der Waals surface area contributed by atoms with E-state index in [1.807, 2.05) is 0 Å². The molecule has 0 aliphatic carbocycles. The summed E-state index contributed by atoms with van der Waals surface area (Å²) in [5, 5.41) is 4.97. The quantitative estimate of drug-likeness (QED) is 0.767. The molecule has 2 heterocycles. The third kappa shape index (κ3) is 3.35. The smallest absolute Gasteiger partial charge is 0.228 e. The van der Waals surface area contributed by atoms with Crippen LogP contribution in [0.3, 0.4) is 0 Å². The summed E-state index contributed by atoms with van der Waals surface area (Å²) in [5.74, 6) is -0.368. The van der Waals surface area contributed by atoms with Crippen molar-refractivity contribution in [3.63, 3.8) is 0 Å². The number of methoxy groups -OCH3 is 1. The first-order valence-corrected chi connectivity index (χ1v) is 7.77. The summed E-state index contributed by atoms with van der Waals surface area (Å²) in [7, 11) is -2.21. The SMILES string of the molecule is COc1cnc(Cl)nc1N1CC(CS(N)(=O)=O)CC1=O. The highest BCUT2D eigenvalue weighted by Crippen LogP contribution is 2.31. The molecule has 1 aliphatic rings. The van der Waals surface area contributed by atoms with Crippen molar-refractivity contribution in [1.82, 2.24) is 9.97 Å². The minimum Gasteiger partial charge on any atom is -0.491 e. The molecule has 1 atom stereocenters. The molecule has 1 aliphatic heterocycles. The van der Waals surface area contributed by atoms with Crippen LogP contribution >= 0.6 is 11.6 Å². The summed E-state index contributed by atoms with van der Waals surface area (Å²) in [6.07, 6.45) is 1.44. The number of amides is 1. The van der Waals surface area contributed by atoms with Crippen molar-refractivity contribution in [2.24, 2.45) is 11.1 Å². The van der Waals surface area contributed by atoms with Crippen LogP contribution in [-0.4, -0.2) is 43.7 Å². The Morgan fingerprint density at radius 1 is 1.60 bits per heavy atom. The average Bonchev–Trinajstić information content (AvgIpc) is 2.67. The van der Waals surface area contributed by atoms with E-state index in [2.05, 4.69) is 9.97 Å². The van der Waals surface area contributed by atoms with Crippen molar-refractivity contribution in [2.75, 3.05) is 24.3 Å². The second kappa shape index (κ2) is 5.51. The molecule has 1 fully saturated rings. The number of carbonyl (C=O) groups excluding carboxylic acids is 1. The zero-order valence-electron chi connectivity index (χ0n) is 10.6. The minimum absolute atomic E-state index is 0.0245. The summed E-state index contributed by atoms with van der Waals surface area (Å²) >= 11 is 5.71. The fraction of sp³-hybridized carbons (Fsp3) is 0.500. The van der Waals surface area contributed by atoms with Gasteiger partial charge >= 0.3 is 0 Å². The summed E-state index contributed by atoms with van der Waals surface area (Å²) in [6, 6.07) is 0. The summed E-state index contributed by atoms with van der Waals surface area (Å²) in [5.41, 5.74) is 0. The lowest BCUT2D eigenvalue weighted by Gasteiger charge is -2.17. The number of anilines is 1. The Balaban J connectivity index is 2.26. The van der Waals surface area contributed by atoms with Crippen LogP contribution in [0.5, 0.6) is 5.75 Å². The van der Waals surface area contributed by atoms with Gasteiger partial charge in [0.2, 0.25) is 21.2 Å². The van der Waals surface area contributed by atoms with E-state index < -0.39 is 10.0 Å². The van der Waals surface area contributed by atoms with Crippen LogP contribution in [0.4, 0.5) is 5.82 Å². The lowest BCUT2D eigenvalue weighted by molar-refractivity contribution is -0.117. The normalized spacial score (nSPS) is 19.4. The van der Waals surface area contributed by atoms with Gasteiger partial charge in [-0.15, -0.1) is 0 Å². The average molecular weight is 321 g/mol. The number of sulfonamides is 1. The van der Waals surface area contributed by atoms with Gasteiger partial charge in [-0.2, -0.15) is 4.98 Å². The van der Waals surface area contributed by atoms with E-state index in [4.69, 9.17) is 21.5 Å². The molecule has 0 bridgehead atoms. The van der Waals surface area contributed by atoms with Crippen LogP contribution in [0, 0.1) is 5.92 Å². The first-order valence-electron chi connectivity index (χ1n) is 5.67. The Morgan fingerprint density at radius 3 is 2.90 bits per heavy atom. The maximum absolute atomic E-state index is 12.0. The molecule has 2 N–H and O–H groups in total. The number of rotatable bonds is 4. The van der Waals surface area contributed by atoms with Gasteiger partial charge in [-0.05, 0) is 11.6 Å². The van der Waals surface area contributed by atoms with E-state index >= 15 is 0 Å². The minimum atomic E-state index is -3.63. The second-order valence-electron chi connectivity index (χ2n) is 4.44. The predicted octanol–water partition coefficient (Wildman–Crippen LogP) is -0.220. The van der Waals surface area contributed by atoms with Gasteiger partial charge in [0.25, 0.3) is 0 Å². The number of hydrogen-bond donors (Lipinski definition) is 1. The third-order valence-corrected chi connectivity index (χ3v) is 3.97. The lowest BCUT2D eigenvalue weighted by atomic mass is 10.1. The molecular weight excluding hydrogens is 308 g/mol. The van der Waals surface area contributed by atoms with E-state index in [0.717, 1.165) is 0 Å². The molecule has 20 heavy (non-hydrogen) atoms. The van der Waals surface area contributed by atoms with Crippen LogP contribution in [0.1, 0.15) is 6.42 Å². The van der Waals surface area contributed by atoms with E-state index in [9.17, 15) is 13.2 Å². The lowest BCUT2D eigenvalue weighted by Crippen LogP contribution is -2.28. The largest absolute Gasteiger partial charge is 0.491 e. The molecule has 2 rings (SSSR count). The molecule has 0 saturated carbocycles. The fourth-order valence-corrected chi connectivity index (χ4v) is 3.11. The van der Waals surface area contributed by atoms with Crippen LogP contribution in [0.25, 0.3) is 0 Å². The van der Waals surface area contributed by atoms with Gasteiger partial charge in [0, 0.05) is 18.9 Å². The molecule has 110 valence electrons. The first-order chi connectivity index (χ1) is 9.30. The van der Waals surface area contributed by atoms with Gasteiger partial charge in [0.05, 0.1) is 19.1 Å². The zero-order valence-corrected chi connectivity index (χ0v) is 12.2. The number of primary sulfonamides is 1. The Kier molecular flexibility index (Phi) is 4.11. The van der Waals surface area contributed by atoms with Gasteiger partial charge in [-0.3, -0.25) is 9.69 Å². The highest BCUT2D eigenvalue weighted by molar-refractivity contribution is 7.89. The summed E-state index contributed by atoms with van der Waals surface area (Å²) in [6.45, 7) is 0.193. The summed E-state index contributed by atoms with van der Waals surface area (Å²) < 4.78 is 27.3. The van der Waals surface area contributed by atoms with E-state index in [0.29, 0.717) is 5.75 Å². The van der Waals surface area contributed by atoms with Gasteiger partial charge in [0.1, 0.15) is 0 Å². The van der Waals surface area contributed by atoms with E-state index in [1.54, 1.807) is 0 Å². The van der Waals surface area contributed by atoms with Gasteiger partial charge in [0.15, 0.2) is 11.6 Å². The number of nitrogens with two attached hydrogens (primary N) is 1. The number of halogens is 1. The molecule has 0 aromatic carbocycles. The van der Waals surface area contributed by atoms with Crippen molar-refractivity contribution in [2.45, 2.75) is 6.42 Å². The molecule has 1 aromatic heterocycles. The van der Waals surface area contributed by atoms with E-state index in [1.165, 1.54) is 18.2 Å². The second-order valence-corrected chi connectivity index (χ2v) is 6.43. The Labute approximate surface area is 120 Å². The number of hydrogen-bond acceptors (Lipinski definition) is 6. The molecule has 1 saturated heterocycles. The molecule has 10 heteroatoms. The van der Waals surface area contributed by atoms with E-state index in [-0.39, 0.29) is 41.6 Å².